The molecular weight excluding hydrogens is 492 g/mol. The Labute approximate surface area is 206 Å². The molecule has 0 amide bonds. The first kappa shape index (κ1) is 25.9. The minimum absolute atomic E-state index is 0.0939. The summed E-state index contributed by atoms with van der Waals surface area (Å²) in [6.07, 6.45) is 1.16. The smallest absolute Gasteiger partial charge is 0.346 e. The Morgan fingerprint density at radius 1 is 1.03 bits per heavy atom. The number of fused-ring (bicyclic) bond motifs is 1. The van der Waals surface area contributed by atoms with Crippen LogP contribution in [0.15, 0.2) is 40.8 Å². The van der Waals surface area contributed by atoms with Gasteiger partial charge in [-0.2, -0.15) is 18.9 Å². The van der Waals surface area contributed by atoms with Crippen LogP contribution in [0.1, 0.15) is 19.4 Å². The predicted octanol–water partition coefficient (Wildman–Crippen LogP) is 3.37. The normalized spacial score (nSPS) is 12.7. The fourth-order valence-electron chi connectivity index (χ4n) is 3.79. The van der Waals surface area contributed by atoms with E-state index in [1.807, 2.05) is 23.6 Å². The Hall–Kier alpha value is -4.69. The largest absolute Gasteiger partial charge is 0.378 e. The second-order valence-corrected chi connectivity index (χ2v) is 9.04. The van der Waals surface area contributed by atoms with Gasteiger partial charge in [0.05, 0.1) is 27.3 Å². The number of nitro groups is 2. The third-order valence-electron chi connectivity index (χ3n) is 5.55. The van der Waals surface area contributed by atoms with Crippen LogP contribution < -0.4 is 14.0 Å². The van der Waals surface area contributed by atoms with Crippen molar-refractivity contribution in [3.05, 3.63) is 61.7 Å². The van der Waals surface area contributed by atoms with Crippen LogP contribution >= 0.6 is 0 Å². The molecule has 1 aliphatic rings. The standard InChI is InChI=1S/C22H20N6O7S/c1-3-25-7-8-26(4-2)19-12-21(16(10-18(19)25)9-15(13-23)14-24)35-36(33,34)22-6-5-17(27(29)30)11-20(22)28(31)32/h5-6,9-12H,3-4,7-8H2,1-2H3. The molecule has 13 nitrogen and oxygen atoms in total. The molecule has 3 rings (SSSR count). The summed E-state index contributed by atoms with van der Waals surface area (Å²) in [6.45, 7) is 6.44. The van der Waals surface area contributed by atoms with Gasteiger partial charge in [-0.05, 0) is 32.1 Å². The molecule has 0 aromatic heterocycles. The molecule has 2 aromatic carbocycles. The number of hydrogen-bond acceptors (Lipinski definition) is 11. The maximum absolute atomic E-state index is 13.2. The van der Waals surface area contributed by atoms with E-state index in [2.05, 4.69) is 0 Å². The van der Waals surface area contributed by atoms with Crippen molar-refractivity contribution in [1.29, 1.82) is 10.5 Å². The van der Waals surface area contributed by atoms with Gasteiger partial charge in [-0.25, -0.2) is 0 Å². The van der Waals surface area contributed by atoms with Gasteiger partial charge in [0, 0.05) is 43.9 Å². The maximum Gasteiger partial charge on any atom is 0.346 e. The van der Waals surface area contributed by atoms with E-state index in [0.29, 0.717) is 37.9 Å². The van der Waals surface area contributed by atoms with Gasteiger partial charge in [0.25, 0.3) is 11.4 Å². The quantitative estimate of drug-likeness (QED) is 0.218. The number of hydrogen-bond donors (Lipinski definition) is 0. The van der Waals surface area contributed by atoms with Gasteiger partial charge in [-0.1, -0.05) is 0 Å². The van der Waals surface area contributed by atoms with E-state index in [9.17, 15) is 39.2 Å². The Kier molecular flexibility index (Phi) is 7.41. The molecule has 0 aliphatic carbocycles. The number of allylic oxidation sites excluding steroid dienone is 1. The summed E-state index contributed by atoms with van der Waals surface area (Å²) in [6, 6.07) is 8.52. The average Bonchev–Trinajstić information content (AvgIpc) is 2.85. The number of nitrogens with zero attached hydrogens (tertiary/aromatic N) is 6. The topological polar surface area (TPSA) is 184 Å². The van der Waals surface area contributed by atoms with Crippen LogP contribution in [0.4, 0.5) is 22.7 Å². The zero-order valence-electron chi connectivity index (χ0n) is 19.2. The molecule has 0 N–H and O–H groups in total. The summed E-state index contributed by atoms with van der Waals surface area (Å²) in [7, 11) is -4.86. The highest BCUT2D eigenvalue weighted by molar-refractivity contribution is 7.87. The van der Waals surface area contributed by atoms with Crippen molar-refractivity contribution in [3.8, 4) is 17.9 Å². The summed E-state index contributed by atoms with van der Waals surface area (Å²) in [5, 5.41) is 41.0. The molecule has 0 radical (unpaired) electrons. The number of likely N-dealkylation sites (N-methyl/N-ethyl adjacent to an activating group) is 2. The zero-order valence-corrected chi connectivity index (χ0v) is 20.1. The number of nitriles is 2. The molecule has 0 unspecified atom stereocenters. The van der Waals surface area contributed by atoms with E-state index < -0.39 is 36.2 Å². The molecule has 0 saturated carbocycles. The van der Waals surface area contributed by atoms with Crippen molar-refractivity contribution in [1.82, 2.24) is 0 Å². The van der Waals surface area contributed by atoms with Crippen LogP contribution in [0.3, 0.4) is 0 Å². The molecule has 186 valence electrons. The highest BCUT2D eigenvalue weighted by atomic mass is 32.2. The number of rotatable bonds is 8. The first-order chi connectivity index (χ1) is 17.1. The third-order valence-corrected chi connectivity index (χ3v) is 6.83. The molecule has 0 fully saturated rings. The zero-order chi connectivity index (χ0) is 26.6. The summed E-state index contributed by atoms with van der Waals surface area (Å²) in [5.74, 6) is -0.263. The Morgan fingerprint density at radius 2 is 1.61 bits per heavy atom. The maximum atomic E-state index is 13.2. The number of anilines is 2. The van der Waals surface area contributed by atoms with Crippen LogP contribution in [-0.4, -0.2) is 44.4 Å². The number of benzene rings is 2. The third kappa shape index (κ3) is 5.03. The highest BCUT2D eigenvalue weighted by Gasteiger charge is 2.32. The summed E-state index contributed by atoms with van der Waals surface area (Å²) >= 11 is 0. The van der Waals surface area contributed by atoms with Gasteiger partial charge in [0.15, 0.2) is 10.6 Å². The van der Waals surface area contributed by atoms with Crippen molar-refractivity contribution in [2.75, 3.05) is 36.0 Å². The monoisotopic (exact) mass is 512 g/mol. The minimum atomic E-state index is -4.86. The van der Waals surface area contributed by atoms with Crippen LogP contribution in [0, 0.1) is 42.9 Å². The van der Waals surface area contributed by atoms with Crippen LogP contribution in [0.25, 0.3) is 6.08 Å². The molecule has 14 heteroatoms. The second-order valence-electron chi connectivity index (χ2n) is 7.52. The van der Waals surface area contributed by atoms with E-state index in [4.69, 9.17) is 4.18 Å². The van der Waals surface area contributed by atoms with Crippen LogP contribution in [-0.2, 0) is 10.1 Å². The molecule has 36 heavy (non-hydrogen) atoms. The Bertz CT molecular complexity index is 1440. The van der Waals surface area contributed by atoms with Crippen molar-refractivity contribution in [3.63, 3.8) is 0 Å². The SMILES string of the molecule is CCN1CCN(CC)c2cc(OS(=O)(=O)c3ccc([N+](=O)[O-])cc3[N+](=O)[O-])c(C=C(C#N)C#N)cc21. The lowest BCUT2D eigenvalue weighted by Crippen LogP contribution is -2.41. The second kappa shape index (κ2) is 10.3. The lowest BCUT2D eigenvalue weighted by Gasteiger charge is -2.38. The van der Waals surface area contributed by atoms with E-state index in [1.54, 1.807) is 18.2 Å². The lowest BCUT2D eigenvalue weighted by atomic mass is 10.1. The average molecular weight is 513 g/mol. The van der Waals surface area contributed by atoms with Crippen molar-refractivity contribution < 1.29 is 22.4 Å². The fourth-order valence-corrected chi connectivity index (χ4v) is 4.88. The molecule has 1 heterocycles. The van der Waals surface area contributed by atoms with E-state index in [0.717, 1.165) is 23.9 Å². The van der Waals surface area contributed by atoms with Gasteiger partial charge in [-0.3, -0.25) is 20.2 Å². The minimum Gasteiger partial charge on any atom is -0.378 e. The number of nitro benzene ring substituents is 2. The fraction of sp³-hybridized carbons (Fsp3) is 0.273. The molecular formula is C22H20N6O7S. The first-order valence-electron chi connectivity index (χ1n) is 10.6. The van der Waals surface area contributed by atoms with Gasteiger partial charge < -0.3 is 14.0 Å². The molecule has 1 aliphatic heterocycles. The van der Waals surface area contributed by atoms with Gasteiger partial charge in [0.1, 0.15) is 17.7 Å². The number of non-ortho nitro benzene ring substituents is 1. The lowest BCUT2D eigenvalue weighted by molar-refractivity contribution is -0.396. The Balaban J connectivity index is 2.23. The predicted molar refractivity (Wildman–Crippen MR) is 129 cm³/mol. The van der Waals surface area contributed by atoms with Crippen LogP contribution in [0.2, 0.25) is 0 Å². The van der Waals surface area contributed by atoms with Gasteiger partial charge in [-0.15, -0.1) is 0 Å². The van der Waals surface area contributed by atoms with Crippen molar-refractivity contribution in [2.24, 2.45) is 0 Å². The van der Waals surface area contributed by atoms with Gasteiger partial charge in [0.2, 0.25) is 0 Å². The molecule has 0 saturated heterocycles. The summed E-state index contributed by atoms with van der Waals surface area (Å²) < 4.78 is 31.6. The molecule has 0 bridgehead atoms. The Morgan fingerprint density at radius 3 is 2.11 bits per heavy atom. The molecule has 0 spiro atoms. The molecule has 0 atom stereocenters. The van der Waals surface area contributed by atoms with E-state index in [-0.39, 0.29) is 16.9 Å². The van der Waals surface area contributed by atoms with E-state index >= 15 is 0 Å². The van der Waals surface area contributed by atoms with E-state index in [1.165, 1.54) is 6.07 Å². The summed E-state index contributed by atoms with van der Waals surface area (Å²) in [4.78, 5) is 23.7. The van der Waals surface area contributed by atoms with Crippen molar-refractivity contribution >= 4 is 38.9 Å². The van der Waals surface area contributed by atoms with Crippen LogP contribution in [0.5, 0.6) is 5.75 Å². The van der Waals surface area contributed by atoms with Gasteiger partial charge >= 0.3 is 10.1 Å². The highest BCUT2D eigenvalue weighted by Crippen LogP contribution is 2.41. The molecule has 2 aromatic rings. The van der Waals surface area contributed by atoms with Crippen molar-refractivity contribution in [2.45, 2.75) is 18.7 Å². The first-order valence-corrected chi connectivity index (χ1v) is 12.0. The summed E-state index contributed by atoms with van der Waals surface area (Å²) in [5.41, 5.74) is -0.536.